The van der Waals surface area contributed by atoms with E-state index in [0.717, 1.165) is 18.5 Å². The van der Waals surface area contributed by atoms with Crippen LogP contribution in [0.25, 0.3) is 0 Å². The van der Waals surface area contributed by atoms with E-state index >= 15 is 0 Å². The fourth-order valence-electron chi connectivity index (χ4n) is 2.85. The number of sulfonamides is 1. The normalized spacial score (nSPS) is 16.9. The summed E-state index contributed by atoms with van der Waals surface area (Å²) >= 11 is 0. The molecule has 2 aromatic rings. The maximum Gasteiger partial charge on any atom is 0.262 e. The monoisotopic (exact) mass is 379 g/mol. The van der Waals surface area contributed by atoms with Crippen LogP contribution in [0.2, 0.25) is 0 Å². The number of piperidine rings is 1. The van der Waals surface area contributed by atoms with Gasteiger partial charge in [0.1, 0.15) is 0 Å². The number of aryl methyl sites for hydroxylation is 1. The minimum absolute atomic E-state index is 0.121. The number of imidazole rings is 1. The molecule has 0 atom stereocenters. The van der Waals surface area contributed by atoms with Crippen molar-refractivity contribution >= 4 is 10.0 Å². The highest BCUT2D eigenvalue weighted by Crippen LogP contribution is 2.24. The van der Waals surface area contributed by atoms with Gasteiger partial charge < -0.3 is 9.30 Å². The molecule has 0 unspecified atom stereocenters. The zero-order valence-corrected chi connectivity index (χ0v) is 16.2. The third-order valence-electron chi connectivity index (χ3n) is 4.59. The van der Waals surface area contributed by atoms with Gasteiger partial charge in [-0.15, -0.1) is 5.10 Å². The highest BCUT2D eigenvalue weighted by molar-refractivity contribution is 7.89. The van der Waals surface area contributed by atoms with E-state index in [1.165, 1.54) is 4.31 Å². The highest BCUT2D eigenvalue weighted by atomic mass is 32.2. The third kappa shape index (κ3) is 4.21. The molecule has 1 fully saturated rings. The summed E-state index contributed by atoms with van der Waals surface area (Å²) in [7, 11) is -3.53. The van der Waals surface area contributed by atoms with Crippen molar-refractivity contribution in [2.45, 2.75) is 44.7 Å². The number of aromatic nitrogens is 4. The molecule has 0 amide bonds. The zero-order chi connectivity index (χ0) is 18.7. The molecule has 142 valence electrons. The van der Waals surface area contributed by atoms with Crippen LogP contribution in [0.15, 0.2) is 29.7 Å². The van der Waals surface area contributed by atoms with Gasteiger partial charge in [0.25, 0.3) is 10.0 Å². The summed E-state index contributed by atoms with van der Waals surface area (Å²) < 4.78 is 34.5. The fraction of sp³-hybridized carbons (Fsp3) is 0.588. The Hall–Kier alpha value is -2.00. The fourth-order valence-corrected chi connectivity index (χ4v) is 4.24. The second-order valence-corrected chi connectivity index (χ2v) is 8.81. The van der Waals surface area contributed by atoms with Crippen molar-refractivity contribution in [2.24, 2.45) is 5.92 Å². The van der Waals surface area contributed by atoms with Gasteiger partial charge in [-0.05, 0) is 45.6 Å². The number of hydrogen-bond donors (Lipinski definition) is 0. The van der Waals surface area contributed by atoms with Crippen molar-refractivity contribution in [1.82, 2.24) is 24.1 Å². The lowest BCUT2D eigenvalue weighted by Crippen LogP contribution is -2.39. The van der Waals surface area contributed by atoms with Gasteiger partial charge in [0.15, 0.2) is 5.03 Å². The van der Waals surface area contributed by atoms with Crippen LogP contribution in [0.1, 0.15) is 38.4 Å². The lowest BCUT2D eigenvalue weighted by Gasteiger charge is -2.30. The van der Waals surface area contributed by atoms with E-state index in [0.29, 0.717) is 31.5 Å². The first kappa shape index (κ1) is 18.8. The average Bonchev–Trinajstić information content (AvgIpc) is 3.13. The molecule has 0 aromatic carbocycles. The Morgan fingerprint density at radius 2 is 1.96 bits per heavy atom. The molecule has 0 N–H and O–H groups in total. The largest absolute Gasteiger partial charge is 0.476 e. The Morgan fingerprint density at radius 3 is 2.54 bits per heavy atom. The molecular formula is C17H25N5O3S. The molecular weight excluding hydrogens is 354 g/mol. The molecule has 8 nitrogen and oxygen atoms in total. The Labute approximate surface area is 154 Å². The summed E-state index contributed by atoms with van der Waals surface area (Å²) in [5.41, 5.74) is 0.843. The van der Waals surface area contributed by atoms with Gasteiger partial charge in [-0.3, -0.25) is 0 Å². The Morgan fingerprint density at radius 1 is 1.23 bits per heavy atom. The van der Waals surface area contributed by atoms with Crippen molar-refractivity contribution in [1.29, 1.82) is 0 Å². The number of nitrogens with zero attached hydrogens (tertiary/aromatic N) is 5. The second kappa shape index (κ2) is 7.71. The standard InChI is InChI=1S/C17H25N5O3S/c1-13(2)21-10-17(18-12-21)26(23,24)22-8-6-15(7-9-22)11-25-16-5-4-14(3)19-20-16/h4-5,10,12-13,15H,6-9,11H2,1-3H3. The van der Waals surface area contributed by atoms with Gasteiger partial charge in [-0.25, -0.2) is 13.4 Å². The van der Waals surface area contributed by atoms with Crippen molar-refractivity contribution in [3.8, 4) is 5.88 Å². The number of rotatable bonds is 6. The molecule has 0 aliphatic carbocycles. The number of ether oxygens (including phenoxy) is 1. The van der Waals surface area contributed by atoms with Gasteiger partial charge >= 0.3 is 0 Å². The number of hydrogen-bond acceptors (Lipinski definition) is 6. The van der Waals surface area contributed by atoms with E-state index in [1.807, 2.05) is 26.8 Å². The van der Waals surface area contributed by atoms with Crippen molar-refractivity contribution in [3.63, 3.8) is 0 Å². The molecule has 0 bridgehead atoms. The summed E-state index contributed by atoms with van der Waals surface area (Å²) in [4.78, 5) is 4.08. The zero-order valence-electron chi connectivity index (χ0n) is 15.4. The average molecular weight is 379 g/mol. The van der Waals surface area contributed by atoms with E-state index in [-0.39, 0.29) is 11.1 Å². The molecule has 1 aliphatic rings. The van der Waals surface area contributed by atoms with Crippen molar-refractivity contribution < 1.29 is 13.2 Å². The van der Waals surface area contributed by atoms with Gasteiger partial charge in [0.05, 0.1) is 18.6 Å². The minimum Gasteiger partial charge on any atom is -0.476 e. The quantitative estimate of drug-likeness (QED) is 0.763. The second-order valence-electron chi connectivity index (χ2n) is 6.92. The van der Waals surface area contributed by atoms with Crippen LogP contribution in [0.5, 0.6) is 5.88 Å². The van der Waals surface area contributed by atoms with E-state index in [2.05, 4.69) is 15.2 Å². The predicted octanol–water partition coefficient (Wildman–Crippen LogP) is 2.04. The molecule has 9 heteroatoms. The van der Waals surface area contributed by atoms with E-state index in [4.69, 9.17) is 4.74 Å². The van der Waals surface area contributed by atoms with Crippen LogP contribution in [-0.2, 0) is 10.0 Å². The third-order valence-corrected chi connectivity index (χ3v) is 6.38. The first-order valence-electron chi connectivity index (χ1n) is 8.83. The molecule has 3 rings (SSSR count). The molecule has 1 saturated heterocycles. The Bertz CT molecular complexity index is 824. The van der Waals surface area contributed by atoms with Gasteiger partial charge in [-0.2, -0.15) is 9.40 Å². The van der Waals surface area contributed by atoms with E-state index in [1.54, 1.807) is 23.2 Å². The van der Waals surface area contributed by atoms with Gasteiger partial charge in [0.2, 0.25) is 5.88 Å². The van der Waals surface area contributed by atoms with Crippen LogP contribution < -0.4 is 4.74 Å². The predicted molar refractivity (Wildman–Crippen MR) is 96.4 cm³/mol. The Kier molecular flexibility index (Phi) is 5.57. The van der Waals surface area contributed by atoms with Gasteiger partial charge in [-0.1, -0.05) is 0 Å². The van der Waals surface area contributed by atoms with Crippen molar-refractivity contribution in [3.05, 3.63) is 30.4 Å². The SMILES string of the molecule is Cc1ccc(OCC2CCN(S(=O)(=O)c3cn(C(C)C)cn3)CC2)nn1. The molecule has 0 spiro atoms. The van der Waals surface area contributed by atoms with E-state index in [9.17, 15) is 8.42 Å². The van der Waals surface area contributed by atoms with Crippen LogP contribution >= 0.6 is 0 Å². The maximum absolute atomic E-state index is 12.7. The maximum atomic E-state index is 12.7. The molecule has 0 saturated carbocycles. The first-order chi connectivity index (χ1) is 12.4. The minimum atomic E-state index is -3.53. The van der Waals surface area contributed by atoms with Crippen LogP contribution in [0.3, 0.4) is 0 Å². The molecule has 3 heterocycles. The molecule has 0 radical (unpaired) electrons. The summed E-state index contributed by atoms with van der Waals surface area (Å²) in [6.45, 7) is 7.32. The summed E-state index contributed by atoms with van der Waals surface area (Å²) in [6, 6.07) is 3.83. The van der Waals surface area contributed by atoms with Gasteiger partial charge in [0, 0.05) is 31.4 Å². The summed E-state index contributed by atoms with van der Waals surface area (Å²) in [5.74, 6) is 0.808. The summed E-state index contributed by atoms with van der Waals surface area (Å²) in [6.07, 6.45) is 4.68. The molecule has 1 aliphatic heterocycles. The molecule has 2 aromatic heterocycles. The smallest absolute Gasteiger partial charge is 0.262 e. The highest BCUT2D eigenvalue weighted by Gasteiger charge is 2.31. The lowest BCUT2D eigenvalue weighted by molar-refractivity contribution is 0.179. The lowest BCUT2D eigenvalue weighted by atomic mass is 9.99. The van der Waals surface area contributed by atoms with Crippen LogP contribution in [-0.4, -0.2) is 52.2 Å². The Balaban J connectivity index is 1.54. The summed E-state index contributed by atoms with van der Waals surface area (Å²) in [5, 5.41) is 8.07. The topological polar surface area (TPSA) is 90.2 Å². The van der Waals surface area contributed by atoms with E-state index < -0.39 is 10.0 Å². The van der Waals surface area contributed by atoms with Crippen molar-refractivity contribution in [2.75, 3.05) is 19.7 Å². The molecule has 26 heavy (non-hydrogen) atoms. The first-order valence-corrected chi connectivity index (χ1v) is 10.3. The van der Waals surface area contributed by atoms with Crippen LogP contribution in [0.4, 0.5) is 0 Å². The van der Waals surface area contributed by atoms with Crippen LogP contribution in [0, 0.1) is 12.8 Å².